The summed E-state index contributed by atoms with van der Waals surface area (Å²) in [6, 6.07) is 7.98. The minimum atomic E-state index is -0.124. The summed E-state index contributed by atoms with van der Waals surface area (Å²) in [5, 5.41) is 5.63. The van der Waals surface area contributed by atoms with Crippen molar-refractivity contribution in [2.75, 3.05) is 29.9 Å². The number of rotatable bonds is 7. The van der Waals surface area contributed by atoms with E-state index in [0.717, 1.165) is 31.1 Å². The van der Waals surface area contributed by atoms with E-state index in [4.69, 9.17) is 0 Å². The number of nitrogens with zero attached hydrogens (tertiary/aromatic N) is 1. The summed E-state index contributed by atoms with van der Waals surface area (Å²) < 4.78 is 0. The maximum Gasteiger partial charge on any atom is 0.224 e. The van der Waals surface area contributed by atoms with E-state index < -0.39 is 0 Å². The van der Waals surface area contributed by atoms with Crippen molar-refractivity contribution in [3.8, 4) is 0 Å². The number of carbonyl (C=O) groups is 2. The molecule has 1 fully saturated rings. The van der Waals surface area contributed by atoms with E-state index in [1.807, 2.05) is 19.1 Å². The van der Waals surface area contributed by atoms with Crippen molar-refractivity contribution in [3.63, 3.8) is 0 Å². The molecule has 0 saturated carbocycles. The standard InChI is InChI=1S/C19H29N3O2/c1-3-12-20-18(23)8-9-19(24)21-16-4-6-17(7-5-16)22-13-10-15(2)11-14-22/h4-7,15H,3,8-14H2,1-2H3,(H,20,23)(H,21,24). The number of piperidine rings is 1. The molecule has 1 aromatic carbocycles. The lowest BCUT2D eigenvalue weighted by atomic mass is 9.99. The molecule has 1 aliphatic rings. The second-order valence-electron chi connectivity index (χ2n) is 6.61. The van der Waals surface area contributed by atoms with Gasteiger partial charge in [-0.3, -0.25) is 9.59 Å². The fraction of sp³-hybridized carbons (Fsp3) is 0.579. The molecule has 0 aromatic heterocycles. The molecule has 0 aliphatic carbocycles. The van der Waals surface area contributed by atoms with Crippen molar-refractivity contribution < 1.29 is 9.59 Å². The number of amides is 2. The van der Waals surface area contributed by atoms with Crippen LogP contribution in [0.5, 0.6) is 0 Å². The monoisotopic (exact) mass is 331 g/mol. The first-order valence-electron chi connectivity index (χ1n) is 9.00. The predicted molar refractivity (Wildman–Crippen MR) is 98.2 cm³/mol. The zero-order valence-electron chi connectivity index (χ0n) is 14.8. The molecule has 1 aliphatic heterocycles. The molecule has 1 saturated heterocycles. The minimum Gasteiger partial charge on any atom is -0.372 e. The largest absolute Gasteiger partial charge is 0.372 e. The van der Waals surface area contributed by atoms with Gasteiger partial charge in [-0.15, -0.1) is 0 Å². The van der Waals surface area contributed by atoms with Gasteiger partial charge < -0.3 is 15.5 Å². The molecule has 2 amide bonds. The van der Waals surface area contributed by atoms with E-state index in [0.29, 0.717) is 6.54 Å². The number of nitrogens with one attached hydrogen (secondary N) is 2. The highest BCUT2D eigenvalue weighted by Crippen LogP contribution is 2.24. The Balaban J connectivity index is 1.76. The second kappa shape index (κ2) is 9.30. The highest BCUT2D eigenvalue weighted by Gasteiger charge is 2.16. The second-order valence-corrected chi connectivity index (χ2v) is 6.61. The summed E-state index contributed by atoms with van der Waals surface area (Å²) in [6.45, 7) is 7.16. The minimum absolute atomic E-state index is 0.0679. The fourth-order valence-electron chi connectivity index (χ4n) is 2.83. The van der Waals surface area contributed by atoms with Crippen LogP contribution in [0, 0.1) is 5.92 Å². The molecule has 0 unspecified atom stereocenters. The van der Waals surface area contributed by atoms with E-state index in [9.17, 15) is 9.59 Å². The molecule has 5 heteroatoms. The quantitative estimate of drug-likeness (QED) is 0.807. The van der Waals surface area contributed by atoms with Crippen LogP contribution >= 0.6 is 0 Å². The lowest BCUT2D eigenvalue weighted by Gasteiger charge is -2.32. The fourth-order valence-corrected chi connectivity index (χ4v) is 2.83. The zero-order valence-corrected chi connectivity index (χ0v) is 14.8. The van der Waals surface area contributed by atoms with Crippen LogP contribution in [0.15, 0.2) is 24.3 Å². The Morgan fingerprint density at radius 2 is 1.71 bits per heavy atom. The molecule has 0 spiro atoms. The Labute approximate surface area is 144 Å². The number of anilines is 2. The highest BCUT2D eigenvalue weighted by atomic mass is 16.2. The van der Waals surface area contributed by atoms with Gasteiger partial charge in [0.25, 0.3) is 0 Å². The van der Waals surface area contributed by atoms with Crippen LogP contribution < -0.4 is 15.5 Å². The summed E-state index contributed by atoms with van der Waals surface area (Å²) in [7, 11) is 0. The van der Waals surface area contributed by atoms with Crippen LogP contribution in [-0.4, -0.2) is 31.4 Å². The third-order valence-corrected chi connectivity index (χ3v) is 4.45. The average Bonchev–Trinajstić information content (AvgIpc) is 2.59. The third-order valence-electron chi connectivity index (χ3n) is 4.45. The van der Waals surface area contributed by atoms with Gasteiger partial charge in [0, 0.05) is 43.9 Å². The van der Waals surface area contributed by atoms with Crippen molar-refractivity contribution in [1.29, 1.82) is 0 Å². The van der Waals surface area contributed by atoms with E-state index >= 15 is 0 Å². The van der Waals surface area contributed by atoms with Crippen LogP contribution in [0.4, 0.5) is 11.4 Å². The van der Waals surface area contributed by atoms with Crippen LogP contribution in [0.2, 0.25) is 0 Å². The van der Waals surface area contributed by atoms with Gasteiger partial charge in [-0.1, -0.05) is 13.8 Å². The van der Waals surface area contributed by atoms with Gasteiger partial charge in [-0.2, -0.15) is 0 Å². The van der Waals surface area contributed by atoms with Gasteiger partial charge in [0.05, 0.1) is 0 Å². The summed E-state index contributed by atoms with van der Waals surface area (Å²) in [4.78, 5) is 25.8. The number of carbonyl (C=O) groups excluding carboxylic acids is 2. The molecule has 24 heavy (non-hydrogen) atoms. The van der Waals surface area contributed by atoms with Crippen molar-refractivity contribution in [1.82, 2.24) is 5.32 Å². The maximum absolute atomic E-state index is 11.9. The van der Waals surface area contributed by atoms with Gasteiger partial charge in [0.2, 0.25) is 11.8 Å². The Morgan fingerprint density at radius 1 is 1.08 bits per heavy atom. The Kier molecular flexibility index (Phi) is 7.09. The lowest BCUT2D eigenvalue weighted by Crippen LogP contribution is -2.32. The summed E-state index contributed by atoms with van der Waals surface area (Å²) in [5.41, 5.74) is 1.99. The topological polar surface area (TPSA) is 61.4 Å². The van der Waals surface area contributed by atoms with E-state index in [1.54, 1.807) is 0 Å². The number of hydrogen-bond acceptors (Lipinski definition) is 3. The number of hydrogen-bond donors (Lipinski definition) is 2. The first kappa shape index (κ1) is 18.3. The van der Waals surface area contributed by atoms with Crippen molar-refractivity contribution in [2.24, 2.45) is 5.92 Å². The molecule has 1 aromatic rings. The van der Waals surface area contributed by atoms with Crippen LogP contribution in [-0.2, 0) is 9.59 Å². The van der Waals surface area contributed by atoms with Gasteiger partial charge >= 0.3 is 0 Å². The SMILES string of the molecule is CCCNC(=O)CCC(=O)Nc1ccc(N2CCC(C)CC2)cc1. The van der Waals surface area contributed by atoms with Crippen LogP contribution in [0.3, 0.4) is 0 Å². The van der Waals surface area contributed by atoms with Crippen LogP contribution in [0.25, 0.3) is 0 Å². The van der Waals surface area contributed by atoms with Gasteiger partial charge in [-0.05, 0) is 49.4 Å². The molecule has 2 rings (SSSR count). The molecule has 0 atom stereocenters. The van der Waals surface area contributed by atoms with Crippen molar-refractivity contribution in [2.45, 2.75) is 46.0 Å². The summed E-state index contributed by atoms with van der Waals surface area (Å²) in [6.07, 6.45) is 3.81. The molecular formula is C19H29N3O2. The molecular weight excluding hydrogens is 302 g/mol. The first-order valence-corrected chi connectivity index (χ1v) is 9.00. The Bertz CT molecular complexity index is 534. The summed E-state index contributed by atoms with van der Waals surface area (Å²) >= 11 is 0. The Morgan fingerprint density at radius 3 is 2.33 bits per heavy atom. The van der Waals surface area contributed by atoms with E-state index in [-0.39, 0.29) is 24.7 Å². The molecule has 0 bridgehead atoms. The molecule has 1 heterocycles. The third kappa shape index (κ3) is 5.87. The van der Waals surface area contributed by atoms with Crippen LogP contribution in [0.1, 0.15) is 46.0 Å². The molecule has 0 radical (unpaired) electrons. The molecule has 132 valence electrons. The smallest absolute Gasteiger partial charge is 0.224 e. The zero-order chi connectivity index (χ0) is 17.4. The highest BCUT2D eigenvalue weighted by molar-refractivity contribution is 5.93. The average molecular weight is 331 g/mol. The molecule has 2 N–H and O–H groups in total. The normalized spacial score (nSPS) is 15.2. The first-order chi connectivity index (χ1) is 11.6. The van der Waals surface area contributed by atoms with E-state index in [1.165, 1.54) is 18.5 Å². The van der Waals surface area contributed by atoms with Gasteiger partial charge in [-0.25, -0.2) is 0 Å². The number of benzene rings is 1. The van der Waals surface area contributed by atoms with Gasteiger partial charge in [0.1, 0.15) is 0 Å². The Hall–Kier alpha value is -2.04. The maximum atomic E-state index is 11.9. The summed E-state index contributed by atoms with van der Waals surface area (Å²) in [5.74, 6) is 0.622. The lowest BCUT2D eigenvalue weighted by molar-refractivity contribution is -0.124. The van der Waals surface area contributed by atoms with Crippen molar-refractivity contribution in [3.05, 3.63) is 24.3 Å². The van der Waals surface area contributed by atoms with Gasteiger partial charge in [0.15, 0.2) is 0 Å². The van der Waals surface area contributed by atoms with Crippen molar-refractivity contribution >= 4 is 23.2 Å². The molecule has 5 nitrogen and oxygen atoms in total. The predicted octanol–water partition coefficient (Wildman–Crippen LogP) is 3.17. The van der Waals surface area contributed by atoms with E-state index in [2.05, 4.69) is 34.6 Å².